The maximum absolute atomic E-state index is 11.3. The van der Waals surface area contributed by atoms with E-state index in [-0.39, 0.29) is 11.6 Å². The molecule has 4 heteroatoms. The van der Waals surface area contributed by atoms with Gasteiger partial charge in [0.15, 0.2) is 11.6 Å². The van der Waals surface area contributed by atoms with Gasteiger partial charge in [-0.05, 0) is 79.6 Å². The second-order valence-electron chi connectivity index (χ2n) is 6.56. The summed E-state index contributed by atoms with van der Waals surface area (Å²) in [7, 11) is 0. The molecule has 0 aromatic heterocycles. The fourth-order valence-electron chi connectivity index (χ4n) is 2.71. The summed E-state index contributed by atoms with van der Waals surface area (Å²) in [6, 6.07) is 22.2. The lowest BCUT2D eigenvalue weighted by Gasteiger charge is -2.10. The highest BCUT2D eigenvalue weighted by atomic mass is 16.5. The van der Waals surface area contributed by atoms with E-state index in [2.05, 4.69) is 0 Å². The zero-order chi connectivity index (χ0) is 19.9. The molecular formula is C24H22O4. The number of carbonyl (C=O) groups is 2. The lowest BCUT2D eigenvalue weighted by atomic mass is 10.1. The highest BCUT2D eigenvalue weighted by Gasteiger charge is 2.03. The van der Waals surface area contributed by atoms with Gasteiger partial charge in [0.05, 0.1) is 0 Å². The summed E-state index contributed by atoms with van der Waals surface area (Å²) in [5.41, 5.74) is 3.40. The normalized spacial score (nSPS) is 10.4. The Bertz CT molecular complexity index is 880. The molecule has 28 heavy (non-hydrogen) atoms. The van der Waals surface area contributed by atoms with Crippen molar-refractivity contribution >= 4 is 11.6 Å². The van der Waals surface area contributed by atoms with Crippen molar-refractivity contribution in [1.29, 1.82) is 0 Å². The van der Waals surface area contributed by atoms with Gasteiger partial charge >= 0.3 is 0 Å². The van der Waals surface area contributed by atoms with Crippen molar-refractivity contribution in [3.05, 3.63) is 95.1 Å². The van der Waals surface area contributed by atoms with Crippen LogP contribution in [0.2, 0.25) is 0 Å². The smallest absolute Gasteiger partial charge is 0.159 e. The Labute approximate surface area is 164 Å². The SMILES string of the molecule is CC(=O)c1ccc(OCc2cccc(COc3ccc(C(C)=O)cc3)c2)cc1. The van der Waals surface area contributed by atoms with Crippen molar-refractivity contribution in [3.8, 4) is 11.5 Å². The van der Waals surface area contributed by atoms with E-state index in [9.17, 15) is 9.59 Å². The molecule has 3 aromatic rings. The summed E-state index contributed by atoms with van der Waals surface area (Å²) >= 11 is 0. The van der Waals surface area contributed by atoms with Gasteiger partial charge in [-0.3, -0.25) is 9.59 Å². The predicted molar refractivity (Wildman–Crippen MR) is 108 cm³/mol. The molecule has 0 saturated heterocycles. The standard InChI is InChI=1S/C24H22O4/c1-17(25)21-6-10-23(11-7-21)27-15-19-4-3-5-20(14-19)16-28-24-12-8-22(9-13-24)18(2)26/h3-14H,15-16H2,1-2H3. The van der Waals surface area contributed by atoms with Gasteiger partial charge in [0.2, 0.25) is 0 Å². The molecule has 0 atom stereocenters. The number of Topliss-reactive ketones (excluding diaryl/α,β-unsaturated/α-hetero) is 2. The Balaban J connectivity index is 1.56. The lowest BCUT2D eigenvalue weighted by Crippen LogP contribution is -2.00. The van der Waals surface area contributed by atoms with Gasteiger partial charge in [-0.25, -0.2) is 0 Å². The fourth-order valence-corrected chi connectivity index (χ4v) is 2.71. The summed E-state index contributed by atoms with van der Waals surface area (Å²) < 4.78 is 11.6. The molecule has 0 radical (unpaired) electrons. The van der Waals surface area contributed by atoms with Crippen LogP contribution in [-0.4, -0.2) is 11.6 Å². The van der Waals surface area contributed by atoms with Crippen LogP contribution in [0.15, 0.2) is 72.8 Å². The molecule has 3 rings (SSSR count). The summed E-state index contributed by atoms with van der Waals surface area (Å²) in [5.74, 6) is 1.51. The van der Waals surface area contributed by atoms with Crippen LogP contribution in [0.5, 0.6) is 11.5 Å². The third kappa shape index (κ3) is 5.30. The van der Waals surface area contributed by atoms with Crippen LogP contribution in [-0.2, 0) is 13.2 Å². The van der Waals surface area contributed by atoms with Crippen molar-refractivity contribution in [1.82, 2.24) is 0 Å². The minimum Gasteiger partial charge on any atom is -0.489 e. The van der Waals surface area contributed by atoms with E-state index in [1.54, 1.807) is 62.4 Å². The number of hydrogen-bond acceptors (Lipinski definition) is 4. The topological polar surface area (TPSA) is 52.6 Å². The first kappa shape index (κ1) is 19.4. The minimum atomic E-state index is 0.0372. The van der Waals surface area contributed by atoms with E-state index in [1.165, 1.54) is 0 Å². The average Bonchev–Trinajstić information content (AvgIpc) is 2.71. The van der Waals surface area contributed by atoms with Gasteiger partial charge in [0, 0.05) is 11.1 Å². The first-order valence-electron chi connectivity index (χ1n) is 9.07. The molecule has 0 spiro atoms. The summed E-state index contributed by atoms with van der Waals surface area (Å²) in [5, 5.41) is 0. The maximum Gasteiger partial charge on any atom is 0.159 e. The van der Waals surface area contributed by atoms with Crippen LogP contribution in [0, 0.1) is 0 Å². The van der Waals surface area contributed by atoms with Gasteiger partial charge in [0.25, 0.3) is 0 Å². The Kier molecular flexibility index (Phi) is 6.22. The molecule has 3 aromatic carbocycles. The Hall–Kier alpha value is -3.40. The van der Waals surface area contributed by atoms with E-state index in [0.717, 1.165) is 22.6 Å². The number of benzene rings is 3. The summed E-state index contributed by atoms with van der Waals surface area (Å²) in [6.45, 7) is 3.95. The molecule has 0 unspecified atom stereocenters. The molecule has 142 valence electrons. The predicted octanol–water partition coefficient (Wildman–Crippen LogP) is 5.25. The van der Waals surface area contributed by atoms with Crippen molar-refractivity contribution in [2.45, 2.75) is 27.1 Å². The number of carbonyl (C=O) groups excluding carboxylic acids is 2. The van der Waals surface area contributed by atoms with Gasteiger partial charge < -0.3 is 9.47 Å². The molecule has 0 aliphatic rings. The lowest BCUT2D eigenvalue weighted by molar-refractivity contribution is 0.100. The largest absolute Gasteiger partial charge is 0.489 e. The summed E-state index contributed by atoms with van der Waals surface area (Å²) in [6.07, 6.45) is 0. The maximum atomic E-state index is 11.3. The number of rotatable bonds is 8. The molecule has 0 heterocycles. The molecule has 4 nitrogen and oxygen atoms in total. The number of ketones is 2. The van der Waals surface area contributed by atoms with Crippen molar-refractivity contribution in [2.75, 3.05) is 0 Å². The van der Waals surface area contributed by atoms with E-state index in [1.807, 2.05) is 24.3 Å². The first-order chi connectivity index (χ1) is 13.5. The quantitative estimate of drug-likeness (QED) is 0.505. The van der Waals surface area contributed by atoms with Gasteiger partial charge in [-0.1, -0.05) is 18.2 Å². The highest BCUT2D eigenvalue weighted by molar-refractivity contribution is 5.94. The Morgan fingerprint density at radius 3 is 1.39 bits per heavy atom. The molecule has 0 amide bonds. The van der Waals surface area contributed by atoms with E-state index in [0.29, 0.717) is 24.3 Å². The van der Waals surface area contributed by atoms with Gasteiger partial charge in [-0.15, -0.1) is 0 Å². The van der Waals surface area contributed by atoms with Crippen LogP contribution in [0.25, 0.3) is 0 Å². The number of hydrogen-bond donors (Lipinski definition) is 0. The molecule has 0 aliphatic heterocycles. The van der Waals surface area contributed by atoms with Gasteiger partial charge in [-0.2, -0.15) is 0 Å². The minimum absolute atomic E-state index is 0.0372. The van der Waals surface area contributed by atoms with Crippen LogP contribution in [0.1, 0.15) is 45.7 Å². The van der Waals surface area contributed by atoms with Crippen molar-refractivity contribution in [3.63, 3.8) is 0 Å². The molecule has 0 fully saturated rings. The van der Waals surface area contributed by atoms with Gasteiger partial charge in [0.1, 0.15) is 24.7 Å². The van der Waals surface area contributed by atoms with Crippen LogP contribution >= 0.6 is 0 Å². The monoisotopic (exact) mass is 374 g/mol. The fraction of sp³-hybridized carbons (Fsp3) is 0.167. The van der Waals surface area contributed by atoms with E-state index < -0.39 is 0 Å². The Morgan fingerprint density at radius 1 is 0.643 bits per heavy atom. The van der Waals surface area contributed by atoms with E-state index in [4.69, 9.17) is 9.47 Å². The Morgan fingerprint density at radius 2 is 1.04 bits per heavy atom. The number of ether oxygens (including phenoxy) is 2. The van der Waals surface area contributed by atoms with Crippen LogP contribution in [0.4, 0.5) is 0 Å². The zero-order valence-corrected chi connectivity index (χ0v) is 16.0. The van der Waals surface area contributed by atoms with Crippen LogP contribution in [0.3, 0.4) is 0 Å². The van der Waals surface area contributed by atoms with Crippen molar-refractivity contribution in [2.24, 2.45) is 0 Å². The molecule has 0 aliphatic carbocycles. The molecule has 0 N–H and O–H groups in total. The first-order valence-corrected chi connectivity index (χ1v) is 9.07. The summed E-state index contributed by atoms with van der Waals surface area (Å²) in [4.78, 5) is 22.6. The average molecular weight is 374 g/mol. The second kappa shape index (κ2) is 9.00. The van der Waals surface area contributed by atoms with Crippen LogP contribution < -0.4 is 9.47 Å². The zero-order valence-electron chi connectivity index (χ0n) is 16.0. The highest BCUT2D eigenvalue weighted by Crippen LogP contribution is 2.17. The van der Waals surface area contributed by atoms with E-state index >= 15 is 0 Å². The molecule has 0 bridgehead atoms. The second-order valence-corrected chi connectivity index (χ2v) is 6.56. The third-order valence-electron chi connectivity index (χ3n) is 4.32. The van der Waals surface area contributed by atoms with Crippen molar-refractivity contribution < 1.29 is 19.1 Å². The molecular weight excluding hydrogens is 352 g/mol. The third-order valence-corrected chi connectivity index (χ3v) is 4.32. The molecule has 0 saturated carbocycles.